The first kappa shape index (κ1) is 18.6. The molecule has 0 aliphatic carbocycles. The summed E-state index contributed by atoms with van der Waals surface area (Å²) in [4.78, 5) is 14.6. The average Bonchev–Trinajstić information content (AvgIpc) is 2.48. The number of benzene rings is 1. The zero-order valence-corrected chi connectivity index (χ0v) is 14.4. The Morgan fingerprint density at radius 1 is 1.32 bits per heavy atom. The molecule has 5 nitrogen and oxygen atoms in total. The van der Waals surface area contributed by atoms with E-state index in [0.29, 0.717) is 30.2 Å². The molecule has 1 aliphatic heterocycles. The minimum absolute atomic E-state index is 0. The molecule has 1 amide bonds. The summed E-state index contributed by atoms with van der Waals surface area (Å²) in [5.41, 5.74) is 6.58. The highest BCUT2D eigenvalue weighted by atomic mass is 35.5. The Bertz CT molecular complexity index is 534. The van der Waals surface area contributed by atoms with Gasteiger partial charge in [0, 0.05) is 19.1 Å². The maximum absolute atomic E-state index is 12.8. The number of rotatable bonds is 3. The van der Waals surface area contributed by atoms with Crippen LogP contribution in [0.4, 0.5) is 0 Å². The van der Waals surface area contributed by atoms with Crippen LogP contribution in [0, 0.1) is 5.41 Å². The summed E-state index contributed by atoms with van der Waals surface area (Å²) in [7, 11) is 3.15. The van der Waals surface area contributed by atoms with E-state index in [1.807, 2.05) is 4.90 Å². The van der Waals surface area contributed by atoms with E-state index in [0.717, 1.165) is 6.42 Å². The van der Waals surface area contributed by atoms with Crippen molar-refractivity contribution in [1.82, 2.24) is 4.90 Å². The highest BCUT2D eigenvalue weighted by molar-refractivity contribution is 5.97. The Hall–Kier alpha value is -1.46. The van der Waals surface area contributed by atoms with Gasteiger partial charge in [0.15, 0.2) is 0 Å². The fourth-order valence-corrected chi connectivity index (χ4v) is 2.70. The number of piperidine rings is 1. The lowest BCUT2D eigenvalue weighted by Gasteiger charge is -2.42. The van der Waals surface area contributed by atoms with Crippen LogP contribution in [0.1, 0.15) is 30.6 Å². The van der Waals surface area contributed by atoms with E-state index < -0.39 is 0 Å². The van der Waals surface area contributed by atoms with Crippen molar-refractivity contribution >= 4 is 18.3 Å². The van der Waals surface area contributed by atoms with Crippen molar-refractivity contribution in [1.29, 1.82) is 0 Å². The van der Waals surface area contributed by atoms with E-state index >= 15 is 0 Å². The molecule has 1 heterocycles. The van der Waals surface area contributed by atoms with Gasteiger partial charge in [-0.2, -0.15) is 0 Å². The van der Waals surface area contributed by atoms with Crippen LogP contribution < -0.4 is 15.2 Å². The van der Waals surface area contributed by atoms with Gasteiger partial charge in [0.1, 0.15) is 11.5 Å². The van der Waals surface area contributed by atoms with Gasteiger partial charge in [-0.05, 0) is 30.0 Å². The maximum Gasteiger partial charge on any atom is 0.257 e. The number of likely N-dealkylation sites (tertiary alicyclic amines) is 1. The Kier molecular flexibility index (Phi) is 6.08. The van der Waals surface area contributed by atoms with Gasteiger partial charge >= 0.3 is 0 Å². The third kappa shape index (κ3) is 3.65. The number of methoxy groups -OCH3 is 2. The number of nitrogens with zero attached hydrogens (tertiary/aromatic N) is 1. The molecule has 1 atom stereocenters. The van der Waals surface area contributed by atoms with Gasteiger partial charge in [0.25, 0.3) is 5.91 Å². The summed E-state index contributed by atoms with van der Waals surface area (Å²) in [6, 6.07) is 5.38. The van der Waals surface area contributed by atoms with E-state index in [1.54, 1.807) is 32.4 Å². The van der Waals surface area contributed by atoms with Crippen LogP contribution >= 0.6 is 12.4 Å². The van der Waals surface area contributed by atoms with E-state index in [1.165, 1.54) is 0 Å². The summed E-state index contributed by atoms with van der Waals surface area (Å²) in [6.45, 7) is 5.51. The van der Waals surface area contributed by atoms with Crippen LogP contribution in [0.25, 0.3) is 0 Å². The topological polar surface area (TPSA) is 64.8 Å². The lowest BCUT2D eigenvalue weighted by Crippen LogP contribution is -2.54. The molecule has 1 aliphatic rings. The van der Waals surface area contributed by atoms with Gasteiger partial charge in [-0.3, -0.25) is 4.79 Å². The van der Waals surface area contributed by atoms with Crippen LogP contribution in [-0.2, 0) is 0 Å². The Labute approximate surface area is 138 Å². The third-order valence-corrected chi connectivity index (χ3v) is 4.24. The number of hydrogen-bond donors (Lipinski definition) is 1. The Balaban J connectivity index is 0.00000242. The molecule has 0 spiro atoms. The van der Waals surface area contributed by atoms with Gasteiger partial charge in [0.05, 0.1) is 19.8 Å². The Morgan fingerprint density at radius 3 is 2.55 bits per heavy atom. The van der Waals surface area contributed by atoms with Crippen molar-refractivity contribution in [2.75, 3.05) is 27.3 Å². The molecule has 2 N–H and O–H groups in total. The lowest BCUT2D eigenvalue weighted by atomic mass is 9.79. The first-order chi connectivity index (χ1) is 9.89. The zero-order chi connectivity index (χ0) is 15.6. The van der Waals surface area contributed by atoms with Crippen LogP contribution in [0.5, 0.6) is 11.5 Å². The predicted molar refractivity (Wildman–Crippen MR) is 89.1 cm³/mol. The molecular weight excluding hydrogens is 304 g/mol. The molecule has 22 heavy (non-hydrogen) atoms. The van der Waals surface area contributed by atoms with Crippen LogP contribution in [0.15, 0.2) is 18.2 Å². The highest BCUT2D eigenvalue weighted by Crippen LogP contribution is 2.31. The van der Waals surface area contributed by atoms with Crippen LogP contribution in [0.2, 0.25) is 0 Å². The smallest absolute Gasteiger partial charge is 0.257 e. The molecule has 1 aromatic rings. The van der Waals surface area contributed by atoms with Gasteiger partial charge in [-0.15, -0.1) is 12.4 Å². The number of nitrogens with two attached hydrogens (primary N) is 1. The fraction of sp³-hybridized carbons (Fsp3) is 0.562. The molecule has 1 unspecified atom stereocenters. The van der Waals surface area contributed by atoms with Crippen LogP contribution in [-0.4, -0.2) is 44.2 Å². The molecule has 0 bridgehead atoms. The molecule has 0 saturated carbocycles. The molecule has 1 aromatic carbocycles. The van der Waals surface area contributed by atoms with Crippen molar-refractivity contribution < 1.29 is 14.3 Å². The van der Waals surface area contributed by atoms with Gasteiger partial charge < -0.3 is 20.1 Å². The second kappa shape index (κ2) is 7.20. The second-order valence-corrected chi connectivity index (χ2v) is 6.18. The quantitative estimate of drug-likeness (QED) is 0.925. The first-order valence-corrected chi connectivity index (χ1v) is 7.16. The van der Waals surface area contributed by atoms with E-state index in [4.69, 9.17) is 15.2 Å². The molecule has 0 radical (unpaired) electrons. The number of carbonyl (C=O) groups excluding carboxylic acids is 1. The summed E-state index contributed by atoms with van der Waals surface area (Å²) >= 11 is 0. The summed E-state index contributed by atoms with van der Waals surface area (Å²) in [6.07, 6.45) is 0.811. The van der Waals surface area contributed by atoms with Gasteiger partial charge in [0.2, 0.25) is 0 Å². The van der Waals surface area contributed by atoms with E-state index in [2.05, 4.69) is 13.8 Å². The average molecular weight is 329 g/mol. The standard InChI is InChI=1S/C16H24N2O3.ClH/c1-16(2)10-18(8-7-14(16)17)15(19)12-9-11(20-3)5-6-13(12)21-4;/h5-6,9,14H,7-8,10,17H2,1-4H3;1H. The minimum atomic E-state index is -0.0833. The predicted octanol–water partition coefficient (Wildman–Crippen LogP) is 2.33. The van der Waals surface area contributed by atoms with Crippen molar-refractivity contribution in [2.45, 2.75) is 26.3 Å². The number of carbonyl (C=O) groups is 1. The Morgan fingerprint density at radius 2 is 2.00 bits per heavy atom. The summed E-state index contributed by atoms with van der Waals surface area (Å²) in [5.74, 6) is 1.17. The van der Waals surface area contributed by atoms with Gasteiger partial charge in [-0.25, -0.2) is 0 Å². The number of halogens is 1. The van der Waals surface area contributed by atoms with Crippen molar-refractivity contribution in [3.05, 3.63) is 23.8 Å². The monoisotopic (exact) mass is 328 g/mol. The molecular formula is C16H25ClN2O3. The minimum Gasteiger partial charge on any atom is -0.497 e. The highest BCUT2D eigenvalue weighted by Gasteiger charge is 2.36. The molecule has 1 saturated heterocycles. The summed E-state index contributed by atoms with van der Waals surface area (Å²) in [5, 5.41) is 0. The lowest BCUT2D eigenvalue weighted by molar-refractivity contribution is 0.0529. The number of amides is 1. The van der Waals surface area contributed by atoms with Gasteiger partial charge in [-0.1, -0.05) is 13.8 Å². The number of hydrogen-bond acceptors (Lipinski definition) is 4. The number of ether oxygens (including phenoxy) is 2. The SMILES string of the molecule is COc1ccc(OC)c(C(=O)N2CCC(N)C(C)(C)C2)c1.Cl. The molecule has 124 valence electrons. The van der Waals surface area contributed by atoms with Crippen molar-refractivity contribution in [3.63, 3.8) is 0 Å². The normalized spacial score (nSPS) is 20.0. The van der Waals surface area contributed by atoms with Crippen molar-refractivity contribution in [2.24, 2.45) is 11.1 Å². The zero-order valence-electron chi connectivity index (χ0n) is 13.6. The first-order valence-electron chi connectivity index (χ1n) is 7.16. The molecule has 2 rings (SSSR count). The molecule has 0 aromatic heterocycles. The third-order valence-electron chi connectivity index (χ3n) is 4.24. The maximum atomic E-state index is 12.8. The van der Waals surface area contributed by atoms with Crippen LogP contribution in [0.3, 0.4) is 0 Å². The van der Waals surface area contributed by atoms with Crippen molar-refractivity contribution in [3.8, 4) is 11.5 Å². The van der Waals surface area contributed by atoms with E-state index in [9.17, 15) is 4.79 Å². The largest absolute Gasteiger partial charge is 0.497 e. The summed E-state index contributed by atoms with van der Waals surface area (Å²) < 4.78 is 10.5. The van der Waals surface area contributed by atoms with E-state index in [-0.39, 0.29) is 29.8 Å². The fourth-order valence-electron chi connectivity index (χ4n) is 2.70. The molecule has 1 fully saturated rings. The second-order valence-electron chi connectivity index (χ2n) is 6.18. The molecule has 6 heteroatoms.